The molecule has 0 aromatic carbocycles. The second-order valence-corrected chi connectivity index (χ2v) is 2.34. The standard InChI is InChI=1S/C7H7FN2.ClH/c8-6-3-5-1-2-9-7(5)10-4-6;/h3-4H,1-2H2,(H,9,10);1H. The average molecular weight is 175 g/mol. The summed E-state index contributed by atoms with van der Waals surface area (Å²) in [5.74, 6) is 0.587. The highest BCUT2D eigenvalue weighted by molar-refractivity contribution is 5.85. The average Bonchev–Trinajstić information content (AvgIpc) is 2.33. The molecule has 1 aromatic heterocycles. The monoisotopic (exact) mass is 174 g/mol. The third-order valence-electron chi connectivity index (χ3n) is 1.62. The lowest BCUT2D eigenvalue weighted by molar-refractivity contribution is 0.620. The second kappa shape index (κ2) is 3.05. The number of hydrogen-bond acceptors (Lipinski definition) is 2. The lowest BCUT2D eigenvalue weighted by Gasteiger charge is -1.95. The van der Waals surface area contributed by atoms with Gasteiger partial charge in [0, 0.05) is 6.54 Å². The molecule has 0 spiro atoms. The fourth-order valence-electron chi connectivity index (χ4n) is 1.15. The van der Waals surface area contributed by atoms with E-state index >= 15 is 0 Å². The number of fused-ring (bicyclic) bond motifs is 1. The van der Waals surface area contributed by atoms with Gasteiger partial charge in [-0.2, -0.15) is 0 Å². The lowest BCUT2D eigenvalue weighted by Crippen LogP contribution is -1.92. The number of anilines is 1. The van der Waals surface area contributed by atoms with Gasteiger partial charge in [0.2, 0.25) is 0 Å². The topological polar surface area (TPSA) is 24.9 Å². The van der Waals surface area contributed by atoms with Crippen molar-refractivity contribution >= 4 is 18.2 Å². The van der Waals surface area contributed by atoms with Crippen molar-refractivity contribution < 1.29 is 4.39 Å². The van der Waals surface area contributed by atoms with Gasteiger partial charge in [-0.15, -0.1) is 12.4 Å². The van der Waals surface area contributed by atoms with Crippen molar-refractivity contribution in [3.8, 4) is 0 Å². The van der Waals surface area contributed by atoms with Crippen molar-refractivity contribution in [1.82, 2.24) is 4.98 Å². The molecular weight excluding hydrogens is 167 g/mol. The summed E-state index contributed by atoms with van der Waals surface area (Å²) in [4.78, 5) is 3.87. The van der Waals surface area contributed by atoms with E-state index in [9.17, 15) is 4.39 Å². The van der Waals surface area contributed by atoms with Gasteiger partial charge in [0.15, 0.2) is 0 Å². The van der Waals surface area contributed by atoms with Crippen LogP contribution < -0.4 is 5.32 Å². The van der Waals surface area contributed by atoms with E-state index in [1.165, 1.54) is 12.3 Å². The summed E-state index contributed by atoms with van der Waals surface area (Å²) < 4.78 is 12.5. The number of hydrogen-bond donors (Lipinski definition) is 1. The zero-order valence-electron chi connectivity index (χ0n) is 5.80. The predicted octanol–water partition coefficient (Wildman–Crippen LogP) is 1.61. The Morgan fingerprint density at radius 2 is 2.36 bits per heavy atom. The summed E-state index contributed by atoms with van der Waals surface area (Å²) in [5.41, 5.74) is 0.986. The predicted molar refractivity (Wildman–Crippen MR) is 43.6 cm³/mol. The highest BCUT2D eigenvalue weighted by Crippen LogP contribution is 2.18. The van der Waals surface area contributed by atoms with Crippen LogP contribution in [-0.2, 0) is 6.42 Å². The van der Waals surface area contributed by atoms with E-state index in [-0.39, 0.29) is 18.2 Å². The molecule has 1 N–H and O–H groups in total. The van der Waals surface area contributed by atoms with Crippen LogP contribution in [0.2, 0.25) is 0 Å². The van der Waals surface area contributed by atoms with Crippen molar-refractivity contribution in [3.63, 3.8) is 0 Å². The summed E-state index contributed by atoms with van der Waals surface area (Å²) in [6.45, 7) is 0.881. The number of nitrogens with one attached hydrogen (secondary N) is 1. The van der Waals surface area contributed by atoms with Crippen molar-refractivity contribution in [1.29, 1.82) is 0 Å². The fourth-order valence-corrected chi connectivity index (χ4v) is 1.15. The first kappa shape index (κ1) is 8.27. The highest BCUT2D eigenvalue weighted by Gasteiger charge is 2.10. The number of rotatable bonds is 0. The molecule has 0 saturated heterocycles. The van der Waals surface area contributed by atoms with Crippen LogP contribution in [0.5, 0.6) is 0 Å². The van der Waals surface area contributed by atoms with Crippen LogP contribution in [0.15, 0.2) is 12.3 Å². The van der Waals surface area contributed by atoms with E-state index in [2.05, 4.69) is 10.3 Å². The molecule has 0 bridgehead atoms. The first-order valence-electron chi connectivity index (χ1n) is 3.24. The molecule has 0 aliphatic carbocycles. The molecule has 0 radical (unpaired) electrons. The van der Waals surface area contributed by atoms with Gasteiger partial charge in [0.1, 0.15) is 11.6 Å². The Morgan fingerprint density at radius 3 is 3.18 bits per heavy atom. The molecule has 11 heavy (non-hydrogen) atoms. The number of aromatic nitrogens is 1. The maximum Gasteiger partial charge on any atom is 0.141 e. The van der Waals surface area contributed by atoms with E-state index in [0.29, 0.717) is 0 Å². The highest BCUT2D eigenvalue weighted by atomic mass is 35.5. The van der Waals surface area contributed by atoms with Gasteiger partial charge in [0.25, 0.3) is 0 Å². The minimum absolute atomic E-state index is 0. The van der Waals surface area contributed by atoms with Gasteiger partial charge < -0.3 is 5.32 Å². The van der Waals surface area contributed by atoms with Gasteiger partial charge >= 0.3 is 0 Å². The Hall–Kier alpha value is -0.830. The molecule has 2 heterocycles. The molecule has 1 aliphatic rings. The third-order valence-corrected chi connectivity index (χ3v) is 1.62. The van der Waals surface area contributed by atoms with Crippen LogP contribution in [-0.4, -0.2) is 11.5 Å². The van der Waals surface area contributed by atoms with Crippen molar-refractivity contribution in [2.45, 2.75) is 6.42 Å². The van der Waals surface area contributed by atoms with Crippen LogP contribution in [0.25, 0.3) is 0 Å². The summed E-state index contributed by atoms with van der Waals surface area (Å²) >= 11 is 0. The van der Waals surface area contributed by atoms with E-state index in [1.807, 2.05) is 0 Å². The van der Waals surface area contributed by atoms with Gasteiger partial charge in [-0.25, -0.2) is 9.37 Å². The fraction of sp³-hybridized carbons (Fsp3) is 0.286. The van der Waals surface area contributed by atoms with Crippen molar-refractivity contribution in [2.75, 3.05) is 11.9 Å². The van der Waals surface area contributed by atoms with Crippen LogP contribution in [0.3, 0.4) is 0 Å². The normalized spacial score (nSPS) is 13.2. The van der Waals surface area contributed by atoms with Crippen LogP contribution in [0.4, 0.5) is 10.2 Å². The smallest absolute Gasteiger partial charge is 0.141 e. The largest absolute Gasteiger partial charge is 0.370 e. The zero-order chi connectivity index (χ0) is 6.97. The second-order valence-electron chi connectivity index (χ2n) is 2.34. The Kier molecular flexibility index (Phi) is 2.29. The first-order valence-corrected chi connectivity index (χ1v) is 3.24. The zero-order valence-corrected chi connectivity index (χ0v) is 6.62. The molecule has 0 unspecified atom stereocenters. The molecule has 2 nitrogen and oxygen atoms in total. The number of nitrogens with zero attached hydrogens (tertiary/aromatic N) is 1. The molecule has 0 fully saturated rings. The van der Waals surface area contributed by atoms with Crippen LogP contribution in [0, 0.1) is 5.82 Å². The number of pyridine rings is 1. The molecule has 2 rings (SSSR count). The Bertz CT molecular complexity index is 265. The molecule has 1 aromatic rings. The quantitative estimate of drug-likeness (QED) is 0.647. The van der Waals surface area contributed by atoms with E-state index < -0.39 is 0 Å². The summed E-state index contributed by atoms with van der Waals surface area (Å²) in [6, 6.07) is 1.53. The number of halogens is 2. The Labute approximate surface area is 70.2 Å². The Morgan fingerprint density at radius 1 is 1.55 bits per heavy atom. The summed E-state index contributed by atoms with van der Waals surface area (Å²) in [6.07, 6.45) is 2.12. The third kappa shape index (κ3) is 1.43. The molecule has 0 atom stereocenters. The van der Waals surface area contributed by atoms with Crippen molar-refractivity contribution in [2.24, 2.45) is 0 Å². The molecular formula is C7H8ClFN2. The van der Waals surface area contributed by atoms with Crippen molar-refractivity contribution in [3.05, 3.63) is 23.6 Å². The van der Waals surface area contributed by atoms with E-state index in [0.717, 1.165) is 24.3 Å². The van der Waals surface area contributed by atoms with E-state index in [1.54, 1.807) is 0 Å². The SMILES string of the molecule is Cl.Fc1cnc2c(c1)CCN2. The van der Waals surface area contributed by atoms with Gasteiger partial charge in [-0.05, 0) is 18.1 Å². The maximum absolute atomic E-state index is 12.5. The van der Waals surface area contributed by atoms with Gasteiger partial charge in [-0.3, -0.25) is 0 Å². The van der Waals surface area contributed by atoms with Gasteiger partial charge in [0.05, 0.1) is 6.20 Å². The molecule has 0 amide bonds. The lowest BCUT2D eigenvalue weighted by atomic mass is 10.2. The molecule has 60 valence electrons. The Balaban J connectivity index is 0.000000605. The molecule has 1 aliphatic heterocycles. The summed E-state index contributed by atoms with van der Waals surface area (Å²) in [5, 5.41) is 3.05. The minimum Gasteiger partial charge on any atom is -0.370 e. The van der Waals surface area contributed by atoms with E-state index in [4.69, 9.17) is 0 Å². The van der Waals surface area contributed by atoms with Gasteiger partial charge in [-0.1, -0.05) is 0 Å². The maximum atomic E-state index is 12.5. The van der Waals surface area contributed by atoms with Crippen LogP contribution in [0.1, 0.15) is 5.56 Å². The first-order chi connectivity index (χ1) is 4.86. The van der Waals surface area contributed by atoms with Crippen LogP contribution >= 0.6 is 12.4 Å². The summed E-state index contributed by atoms with van der Waals surface area (Å²) in [7, 11) is 0. The molecule has 4 heteroatoms. The molecule has 0 saturated carbocycles. The minimum atomic E-state index is -0.248.